The minimum Gasteiger partial charge on any atom is -0.355 e. The van der Waals surface area contributed by atoms with E-state index >= 15 is 0 Å². The number of amides is 2. The van der Waals surface area contributed by atoms with E-state index in [1.807, 2.05) is 0 Å². The van der Waals surface area contributed by atoms with E-state index in [-0.39, 0.29) is 29.0 Å². The van der Waals surface area contributed by atoms with Crippen LogP contribution in [0.5, 0.6) is 0 Å². The van der Waals surface area contributed by atoms with Gasteiger partial charge in [0.05, 0.1) is 17.0 Å². The number of nitrogens with zero attached hydrogens (tertiary/aromatic N) is 1. The molecular formula is C17H20N4O4S2. The van der Waals surface area contributed by atoms with Gasteiger partial charge in [-0.05, 0) is 37.0 Å². The molecule has 8 nitrogen and oxygen atoms in total. The Morgan fingerprint density at radius 2 is 1.93 bits per heavy atom. The van der Waals surface area contributed by atoms with Crippen LogP contribution in [0.2, 0.25) is 0 Å². The van der Waals surface area contributed by atoms with Crippen molar-refractivity contribution in [2.45, 2.75) is 30.6 Å². The van der Waals surface area contributed by atoms with Gasteiger partial charge in [-0.1, -0.05) is 12.1 Å². The Balaban J connectivity index is 1.42. The predicted octanol–water partition coefficient (Wildman–Crippen LogP) is 1.04. The highest BCUT2D eigenvalue weighted by Gasteiger charge is 2.30. The molecular weight excluding hydrogens is 388 g/mol. The number of carbonyl (C=O) groups is 2. The lowest BCUT2D eigenvalue weighted by Gasteiger charge is -2.05. The molecule has 1 aliphatic rings. The van der Waals surface area contributed by atoms with Gasteiger partial charge in [-0.15, -0.1) is 11.3 Å². The fourth-order valence-electron chi connectivity index (χ4n) is 2.42. The smallest absolute Gasteiger partial charge is 0.238 e. The first kappa shape index (κ1) is 19.5. The number of nitrogens with one attached hydrogen (secondary N) is 2. The molecule has 1 saturated carbocycles. The molecule has 2 aromatic rings. The molecule has 2 amide bonds. The summed E-state index contributed by atoms with van der Waals surface area (Å²) in [6.07, 6.45) is 2.56. The number of aromatic nitrogens is 1. The van der Waals surface area contributed by atoms with Crippen molar-refractivity contribution in [3.05, 3.63) is 40.9 Å². The lowest BCUT2D eigenvalue weighted by atomic mass is 10.1. The van der Waals surface area contributed by atoms with Gasteiger partial charge in [0.15, 0.2) is 5.13 Å². The molecule has 0 spiro atoms. The summed E-state index contributed by atoms with van der Waals surface area (Å²) in [5.74, 6) is -0.0602. The number of hydrogen-bond acceptors (Lipinski definition) is 6. The van der Waals surface area contributed by atoms with Crippen LogP contribution in [-0.2, 0) is 32.5 Å². The molecule has 1 fully saturated rings. The Kier molecular flexibility index (Phi) is 5.88. The highest BCUT2D eigenvalue weighted by Crippen LogP contribution is 2.30. The van der Waals surface area contributed by atoms with E-state index < -0.39 is 10.0 Å². The third-order valence-corrected chi connectivity index (χ3v) is 5.80. The third-order valence-electron chi connectivity index (χ3n) is 4.06. The Morgan fingerprint density at radius 1 is 1.22 bits per heavy atom. The average molecular weight is 409 g/mol. The third kappa shape index (κ3) is 5.84. The maximum absolute atomic E-state index is 12.0. The molecule has 27 heavy (non-hydrogen) atoms. The van der Waals surface area contributed by atoms with Gasteiger partial charge in [0.25, 0.3) is 0 Å². The van der Waals surface area contributed by atoms with Crippen molar-refractivity contribution in [3.63, 3.8) is 0 Å². The summed E-state index contributed by atoms with van der Waals surface area (Å²) in [6, 6.07) is 6.22. The molecule has 0 unspecified atom stereocenters. The minimum atomic E-state index is -3.70. The molecule has 0 saturated heterocycles. The summed E-state index contributed by atoms with van der Waals surface area (Å²) in [5.41, 5.74) is 1.50. The normalized spacial score (nSPS) is 14.0. The maximum Gasteiger partial charge on any atom is 0.238 e. The number of hydrogen-bond donors (Lipinski definition) is 3. The highest BCUT2D eigenvalue weighted by molar-refractivity contribution is 7.89. The zero-order chi connectivity index (χ0) is 19.4. The lowest BCUT2D eigenvalue weighted by molar-refractivity contribution is -0.120. The van der Waals surface area contributed by atoms with Gasteiger partial charge in [0.1, 0.15) is 0 Å². The molecule has 0 aliphatic heterocycles. The van der Waals surface area contributed by atoms with Crippen LogP contribution in [0.25, 0.3) is 0 Å². The SMILES string of the molecule is NS(=O)(=O)c1ccc(CCNC(=O)Cc2csc(NC(=O)C3CC3)n2)cc1. The molecule has 144 valence electrons. The van der Waals surface area contributed by atoms with E-state index in [0.29, 0.717) is 23.8 Å². The number of anilines is 1. The van der Waals surface area contributed by atoms with Crippen molar-refractivity contribution < 1.29 is 18.0 Å². The first-order chi connectivity index (χ1) is 12.8. The molecule has 1 aliphatic carbocycles. The van der Waals surface area contributed by atoms with E-state index in [9.17, 15) is 18.0 Å². The zero-order valence-electron chi connectivity index (χ0n) is 14.5. The first-order valence-corrected chi connectivity index (χ1v) is 10.9. The predicted molar refractivity (Wildman–Crippen MR) is 102 cm³/mol. The van der Waals surface area contributed by atoms with Crippen molar-refractivity contribution in [2.24, 2.45) is 11.1 Å². The van der Waals surface area contributed by atoms with Gasteiger partial charge in [0, 0.05) is 17.8 Å². The molecule has 1 heterocycles. The van der Waals surface area contributed by atoms with Crippen molar-refractivity contribution in [1.29, 1.82) is 0 Å². The lowest BCUT2D eigenvalue weighted by Crippen LogP contribution is -2.27. The van der Waals surface area contributed by atoms with Crippen LogP contribution in [0.1, 0.15) is 24.1 Å². The van der Waals surface area contributed by atoms with Crippen molar-refractivity contribution in [3.8, 4) is 0 Å². The zero-order valence-corrected chi connectivity index (χ0v) is 16.1. The van der Waals surface area contributed by atoms with Crippen LogP contribution in [-0.4, -0.2) is 31.8 Å². The van der Waals surface area contributed by atoms with Gasteiger partial charge in [-0.25, -0.2) is 18.5 Å². The fourth-order valence-corrected chi connectivity index (χ4v) is 3.65. The summed E-state index contributed by atoms with van der Waals surface area (Å²) in [5, 5.41) is 12.9. The largest absolute Gasteiger partial charge is 0.355 e. The van der Waals surface area contributed by atoms with Crippen LogP contribution in [0.3, 0.4) is 0 Å². The topological polar surface area (TPSA) is 131 Å². The van der Waals surface area contributed by atoms with Crippen molar-refractivity contribution in [1.82, 2.24) is 10.3 Å². The maximum atomic E-state index is 12.0. The summed E-state index contributed by atoms with van der Waals surface area (Å²) < 4.78 is 22.4. The number of sulfonamides is 1. The molecule has 3 rings (SSSR count). The molecule has 1 aromatic carbocycles. The van der Waals surface area contributed by atoms with Gasteiger partial charge in [-0.2, -0.15) is 0 Å². The Bertz CT molecular complexity index is 934. The monoisotopic (exact) mass is 408 g/mol. The first-order valence-electron chi connectivity index (χ1n) is 8.45. The van der Waals surface area contributed by atoms with E-state index in [1.165, 1.54) is 23.5 Å². The molecule has 1 aromatic heterocycles. The quantitative estimate of drug-likeness (QED) is 0.601. The van der Waals surface area contributed by atoms with E-state index in [1.54, 1.807) is 17.5 Å². The van der Waals surface area contributed by atoms with E-state index in [0.717, 1.165) is 18.4 Å². The number of nitrogens with two attached hydrogens (primary N) is 1. The molecule has 10 heteroatoms. The van der Waals surface area contributed by atoms with E-state index in [4.69, 9.17) is 5.14 Å². The highest BCUT2D eigenvalue weighted by atomic mass is 32.2. The fraction of sp³-hybridized carbons (Fsp3) is 0.353. The van der Waals surface area contributed by atoms with Gasteiger partial charge >= 0.3 is 0 Å². The number of carbonyl (C=O) groups excluding carboxylic acids is 2. The average Bonchev–Trinajstić information content (AvgIpc) is 3.37. The van der Waals surface area contributed by atoms with Gasteiger partial charge < -0.3 is 10.6 Å². The molecule has 0 radical (unpaired) electrons. The second kappa shape index (κ2) is 8.15. The minimum absolute atomic E-state index is 0.00574. The Labute approximate surface area is 161 Å². The summed E-state index contributed by atoms with van der Waals surface area (Å²) >= 11 is 1.31. The standard InChI is InChI=1S/C17H20N4O4S2/c18-27(24,25)14-5-1-11(2-6-14)7-8-19-15(22)9-13-10-26-17(20-13)21-16(23)12-3-4-12/h1-2,5-6,10,12H,3-4,7-9H2,(H,19,22)(H2,18,24,25)(H,20,21,23). The van der Waals surface area contributed by atoms with Crippen LogP contribution in [0.15, 0.2) is 34.5 Å². The van der Waals surface area contributed by atoms with Crippen LogP contribution >= 0.6 is 11.3 Å². The molecule has 0 bridgehead atoms. The summed E-state index contributed by atoms with van der Waals surface area (Å²) in [6.45, 7) is 0.420. The summed E-state index contributed by atoms with van der Waals surface area (Å²) in [4.78, 5) is 28.0. The Morgan fingerprint density at radius 3 is 2.56 bits per heavy atom. The number of thiazole rings is 1. The van der Waals surface area contributed by atoms with Gasteiger partial charge in [0.2, 0.25) is 21.8 Å². The number of benzene rings is 1. The number of rotatable bonds is 8. The summed E-state index contributed by atoms with van der Waals surface area (Å²) in [7, 11) is -3.70. The molecule has 4 N–H and O–H groups in total. The molecule has 0 atom stereocenters. The van der Waals surface area contributed by atoms with Crippen LogP contribution in [0.4, 0.5) is 5.13 Å². The van der Waals surface area contributed by atoms with Crippen molar-refractivity contribution in [2.75, 3.05) is 11.9 Å². The van der Waals surface area contributed by atoms with Gasteiger partial charge in [-0.3, -0.25) is 9.59 Å². The van der Waals surface area contributed by atoms with Crippen LogP contribution in [0, 0.1) is 5.92 Å². The van der Waals surface area contributed by atoms with Crippen LogP contribution < -0.4 is 15.8 Å². The second-order valence-electron chi connectivity index (χ2n) is 6.37. The van der Waals surface area contributed by atoms with E-state index in [2.05, 4.69) is 15.6 Å². The Hall–Kier alpha value is -2.30. The second-order valence-corrected chi connectivity index (χ2v) is 8.79. The number of primary sulfonamides is 1. The van der Waals surface area contributed by atoms with Crippen molar-refractivity contribution >= 4 is 38.3 Å².